The van der Waals surface area contributed by atoms with Crippen LogP contribution in [0.3, 0.4) is 0 Å². The highest BCUT2D eigenvalue weighted by atomic mass is 14.2. The highest BCUT2D eigenvalue weighted by Crippen LogP contribution is 2.07. The van der Waals surface area contributed by atoms with Crippen molar-refractivity contribution in [3.05, 3.63) is 11.6 Å². The molecule has 0 atom stereocenters. The molecule has 0 aromatic carbocycles. The van der Waals surface area contributed by atoms with E-state index in [0.717, 1.165) is 31.3 Å². The van der Waals surface area contributed by atoms with Crippen LogP contribution >= 0.6 is 0 Å². The Kier molecular flexibility index (Phi) is 6.82. The van der Waals surface area contributed by atoms with Gasteiger partial charge < -0.3 is 0 Å². The van der Waals surface area contributed by atoms with Crippen LogP contribution in [0.2, 0.25) is 0 Å². The van der Waals surface area contributed by atoms with Crippen molar-refractivity contribution in [2.45, 2.75) is 46.0 Å². The molecule has 0 saturated carbocycles. The van der Waals surface area contributed by atoms with E-state index in [9.17, 15) is 0 Å². The van der Waals surface area contributed by atoms with Gasteiger partial charge in [-0.25, -0.2) is 0 Å². The maximum Gasteiger partial charge on any atom is 0.0943 e. The third-order valence-electron chi connectivity index (χ3n) is 1.62. The molecule has 0 unspecified atom stereocenters. The molecule has 0 heterocycles. The number of hydrogen-bond donors (Lipinski definition) is 0. The highest BCUT2D eigenvalue weighted by Gasteiger charge is 1.92. The molecular formula is C10H17N. The number of nitrogens with zero attached hydrogens (tertiary/aromatic N) is 1. The molecule has 0 amide bonds. The first-order chi connectivity index (χ1) is 5.35. The molecule has 0 radical (unpaired) electrons. The van der Waals surface area contributed by atoms with E-state index in [1.807, 2.05) is 0 Å². The molecule has 11 heavy (non-hydrogen) atoms. The van der Waals surface area contributed by atoms with Gasteiger partial charge in [0.25, 0.3) is 0 Å². The van der Waals surface area contributed by atoms with Crippen molar-refractivity contribution in [1.29, 1.82) is 5.26 Å². The average Bonchev–Trinajstić information content (AvgIpc) is 2.05. The maximum atomic E-state index is 8.66. The van der Waals surface area contributed by atoms with E-state index in [1.54, 1.807) is 0 Å². The molecule has 0 fully saturated rings. The van der Waals surface area contributed by atoms with Gasteiger partial charge in [0.15, 0.2) is 0 Å². The molecule has 0 saturated heterocycles. The molecular weight excluding hydrogens is 134 g/mol. The molecule has 0 N–H and O–H groups in total. The Morgan fingerprint density at radius 3 is 2.55 bits per heavy atom. The van der Waals surface area contributed by atoms with Gasteiger partial charge in [0.1, 0.15) is 0 Å². The van der Waals surface area contributed by atoms with E-state index in [-0.39, 0.29) is 0 Å². The lowest BCUT2D eigenvalue weighted by molar-refractivity contribution is 0.793. The van der Waals surface area contributed by atoms with Crippen molar-refractivity contribution in [2.75, 3.05) is 0 Å². The molecule has 0 aromatic heterocycles. The second-order valence-electron chi connectivity index (χ2n) is 2.73. The highest BCUT2D eigenvalue weighted by molar-refractivity contribution is 5.19. The van der Waals surface area contributed by atoms with Crippen LogP contribution in [0, 0.1) is 11.3 Å². The molecule has 0 spiro atoms. The fourth-order valence-electron chi connectivity index (χ4n) is 0.889. The summed E-state index contributed by atoms with van der Waals surface area (Å²) in [6.07, 6.45) is 7.53. The number of allylic oxidation sites excluding steroid dienone is 2. The van der Waals surface area contributed by atoms with Crippen LogP contribution in [0.15, 0.2) is 11.6 Å². The summed E-state index contributed by atoms with van der Waals surface area (Å²) in [6, 6.07) is 2.23. The van der Waals surface area contributed by atoms with E-state index in [1.165, 1.54) is 6.42 Å². The van der Waals surface area contributed by atoms with Crippen LogP contribution in [-0.2, 0) is 0 Å². The van der Waals surface area contributed by atoms with Crippen molar-refractivity contribution in [1.82, 2.24) is 0 Å². The second kappa shape index (κ2) is 7.34. The Labute approximate surface area is 69.7 Å². The van der Waals surface area contributed by atoms with Gasteiger partial charge in [-0.05, 0) is 19.3 Å². The van der Waals surface area contributed by atoms with Gasteiger partial charge in [0, 0.05) is 5.57 Å². The van der Waals surface area contributed by atoms with Gasteiger partial charge in [0.05, 0.1) is 6.07 Å². The molecule has 0 aliphatic heterocycles. The number of rotatable bonds is 5. The molecule has 1 heteroatoms. The third kappa shape index (κ3) is 5.66. The summed E-state index contributed by atoms with van der Waals surface area (Å²) < 4.78 is 0. The fraction of sp³-hybridized carbons (Fsp3) is 0.700. The molecule has 0 aromatic rings. The van der Waals surface area contributed by atoms with E-state index in [4.69, 9.17) is 5.26 Å². The maximum absolute atomic E-state index is 8.66. The first kappa shape index (κ1) is 10.2. The summed E-state index contributed by atoms with van der Waals surface area (Å²) in [5.74, 6) is 0. The summed E-state index contributed by atoms with van der Waals surface area (Å²) in [7, 11) is 0. The molecule has 0 aliphatic carbocycles. The largest absolute Gasteiger partial charge is 0.193 e. The molecule has 1 nitrogen and oxygen atoms in total. The second-order valence-corrected chi connectivity index (χ2v) is 2.73. The van der Waals surface area contributed by atoms with Gasteiger partial charge in [-0.15, -0.1) is 0 Å². The van der Waals surface area contributed by atoms with Crippen molar-refractivity contribution in [2.24, 2.45) is 0 Å². The predicted octanol–water partition coefficient (Wildman–Crippen LogP) is 3.43. The Hall–Kier alpha value is -0.770. The number of nitriles is 1. The topological polar surface area (TPSA) is 23.8 Å². The normalized spacial score (nSPS) is 11.2. The first-order valence-electron chi connectivity index (χ1n) is 4.44. The van der Waals surface area contributed by atoms with Crippen molar-refractivity contribution in [3.63, 3.8) is 0 Å². The van der Waals surface area contributed by atoms with Gasteiger partial charge in [-0.3, -0.25) is 0 Å². The van der Waals surface area contributed by atoms with Gasteiger partial charge in [-0.1, -0.05) is 32.8 Å². The van der Waals surface area contributed by atoms with Crippen molar-refractivity contribution >= 4 is 0 Å². The van der Waals surface area contributed by atoms with E-state index in [2.05, 4.69) is 26.0 Å². The smallest absolute Gasteiger partial charge is 0.0943 e. The Bertz CT molecular complexity index is 151. The SMILES string of the molecule is CCC/C=C(/C#N)CCCC. The molecule has 0 rings (SSSR count). The first-order valence-corrected chi connectivity index (χ1v) is 4.44. The lowest BCUT2D eigenvalue weighted by Crippen LogP contribution is -1.79. The minimum absolute atomic E-state index is 0.965. The lowest BCUT2D eigenvalue weighted by atomic mass is 10.1. The molecule has 0 aliphatic rings. The third-order valence-corrected chi connectivity index (χ3v) is 1.62. The van der Waals surface area contributed by atoms with E-state index in [0.29, 0.717) is 0 Å². The summed E-state index contributed by atoms with van der Waals surface area (Å²) in [4.78, 5) is 0. The molecule has 0 bridgehead atoms. The number of unbranched alkanes of at least 4 members (excludes halogenated alkanes) is 2. The van der Waals surface area contributed by atoms with Crippen LogP contribution in [0.25, 0.3) is 0 Å². The van der Waals surface area contributed by atoms with Crippen LogP contribution in [0.5, 0.6) is 0 Å². The minimum atomic E-state index is 0.965. The Morgan fingerprint density at radius 2 is 2.09 bits per heavy atom. The zero-order valence-electron chi connectivity index (χ0n) is 7.56. The number of hydrogen-bond acceptors (Lipinski definition) is 1. The Balaban J connectivity index is 3.67. The van der Waals surface area contributed by atoms with Gasteiger partial charge in [-0.2, -0.15) is 5.26 Å². The summed E-state index contributed by atoms with van der Waals surface area (Å²) >= 11 is 0. The van der Waals surface area contributed by atoms with Crippen molar-refractivity contribution in [3.8, 4) is 6.07 Å². The van der Waals surface area contributed by atoms with Gasteiger partial charge in [0.2, 0.25) is 0 Å². The van der Waals surface area contributed by atoms with Crippen molar-refractivity contribution < 1.29 is 0 Å². The zero-order chi connectivity index (χ0) is 8.53. The van der Waals surface area contributed by atoms with Crippen LogP contribution < -0.4 is 0 Å². The fourth-order valence-corrected chi connectivity index (χ4v) is 0.889. The van der Waals surface area contributed by atoms with Crippen LogP contribution in [0.1, 0.15) is 46.0 Å². The quantitative estimate of drug-likeness (QED) is 0.552. The predicted molar refractivity (Wildman–Crippen MR) is 48.1 cm³/mol. The average molecular weight is 151 g/mol. The minimum Gasteiger partial charge on any atom is -0.193 e. The lowest BCUT2D eigenvalue weighted by Gasteiger charge is -1.94. The monoisotopic (exact) mass is 151 g/mol. The zero-order valence-corrected chi connectivity index (χ0v) is 7.56. The Morgan fingerprint density at radius 1 is 1.36 bits per heavy atom. The van der Waals surface area contributed by atoms with Crippen LogP contribution in [0.4, 0.5) is 0 Å². The summed E-state index contributed by atoms with van der Waals surface area (Å²) in [5, 5.41) is 8.66. The van der Waals surface area contributed by atoms with E-state index < -0.39 is 0 Å². The standard InChI is InChI=1S/C10H17N/c1-3-5-7-10(9-11)8-6-4-2/h7H,3-6,8H2,1-2H3/b10-7+. The summed E-state index contributed by atoms with van der Waals surface area (Å²) in [6.45, 7) is 4.28. The van der Waals surface area contributed by atoms with Gasteiger partial charge >= 0.3 is 0 Å². The van der Waals surface area contributed by atoms with Crippen LogP contribution in [-0.4, -0.2) is 0 Å². The molecule has 62 valence electrons. The summed E-state index contributed by atoms with van der Waals surface area (Å²) in [5.41, 5.74) is 0.966. The van der Waals surface area contributed by atoms with E-state index >= 15 is 0 Å².